The van der Waals surface area contributed by atoms with Crippen LogP contribution in [0.2, 0.25) is 0 Å². The van der Waals surface area contributed by atoms with Crippen molar-refractivity contribution in [1.29, 1.82) is 0 Å². The van der Waals surface area contributed by atoms with Crippen LogP contribution in [0.5, 0.6) is 0 Å². The van der Waals surface area contributed by atoms with Gasteiger partial charge in [0, 0.05) is 46.2 Å². The quantitative estimate of drug-likeness (QED) is 0.437. The number of hydrogen-bond acceptors (Lipinski definition) is 4. The summed E-state index contributed by atoms with van der Waals surface area (Å²) >= 11 is 0. The van der Waals surface area contributed by atoms with Crippen molar-refractivity contribution in [3.8, 4) is 0 Å². The molecule has 8 nitrogen and oxygen atoms in total. The summed E-state index contributed by atoms with van der Waals surface area (Å²) in [6.07, 6.45) is 3.03. The van der Waals surface area contributed by atoms with Crippen LogP contribution in [0.15, 0.2) is 4.99 Å². The first kappa shape index (κ1) is 23.0. The number of alkyl carbamates (subject to hydrolysis) is 1. The third-order valence-electron chi connectivity index (χ3n) is 4.74. The number of aliphatic imine (C=N–C) groups is 1. The maximum atomic E-state index is 11.8. The molecule has 0 saturated carbocycles. The summed E-state index contributed by atoms with van der Waals surface area (Å²) in [5.41, 5.74) is 0. The standard InChI is InChI=1S/C19H37N5O3/c1-6-27-19(26)23-16(11-14(2)3)13-22-18(21-5)24-9-7-15(8-10-24)12-17(25)20-4/h14-16H,6-13H2,1-5H3,(H,20,25)(H,21,22)(H,23,26). The summed E-state index contributed by atoms with van der Waals surface area (Å²) < 4.78 is 5.00. The van der Waals surface area contributed by atoms with Crippen LogP contribution in [0.4, 0.5) is 4.79 Å². The van der Waals surface area contributed by atoms with E-state index < -0.39 is 0 Å². The first-order chi connectivity index (χ1) is 12.9. The number of guanidine groups is 1. The average molecular weight is 384 g/mol. The fourth-order valence-electron chi connectivity index (χ4n) is 3.36. The molecule has 1 saturated heterocycles. The van der Waals surface area contributed by atoms with Gasteiger partial charge in [0.25, 0.3) is 0 Å². The maximum Gasteiger partial charge on any atom is 0.407 e. The van der Waals surface area contributed by atoms with E-state index in [1.165, 1.54) is 0 Å². The van der Waals surface area contributed by atoms with E-state index in [0.29, 0.717) is 31.4 Å². The topological polar surface area (TPSA) is 95.1 Å². The molecule has 1 unspecified atom stereocenters. The Labute approximate surface area is 163 Å². The van der Waals surface area contributed by atoms with Crippen molar-refractivity contribution in [2.24, 2.45) is 16.8 Å². The summed E-state index contributed by atoms with van der Waals surface area (Å²) in [5, 5.41) is 9.01. The van der Waals surface area contributed by atoms with Crippen molar-refractivity contribution in [3.63, 3.8) is 0 Å². The highest BCUT2D eigenvalue weighted by Crippen LogP contribution is 2.20. The van der Waals surface area contributed by atoms with Gasteiger partial charge in [0.2, 0.25) is 5.91 Å². The molecule has 0 aromatic rings. The van der Waals surface area contributed by atoms with E-state index in [1.54, 1.807) is 21.0 Å². The van der Waals surface area contributed by atoms with E-state index in [9.17, 15) is 9.59 Å². The van der Waals surface area contributed by atoms with E-state index in [1.807, 2.05) is 0 Å². The molecule has 0 radical (unpaired) electrons. The highest BCUT2D eigenvalue weighted by atomic mass is 16.5. The highest BCUT2D eigenvalue weighted by molar-refractivity contribution is 5.80. The molecule has 156 valence electrons. The zero-order valence-electron chi connectivity index (χ0n) is 17.5. The molecule has 1 aliphatic heterocycles. The lowest BCUT2D eigenvalue weighted by Crippen LogP contribution is -2.50. The van der Waals surface area contributed by atoms with Gasteiger partial charge in [-0.2, -0.15) is 0 Å². The van der Waals surface area contributed by atoms with E-state index in [0.717, 1.165) is 38.3 Å². The fourth-order valence-corrected chi connectivity index (χ4v) is 3.36. The molecule has 1 heterocycles. The Bertz CT molecular complexity index is 488. The number of nitrogens with one attached hydrogen (secondary N) is 3. The second-order valence-electron chi connectivity index (χ2n) is 7.43. The van der Waals surface area contributed by atoms with Gasteiger partial charge in [0.05, 0.1) is 6.61 Å². The van der Waals surface area contributed by atoms with Gasteiger partial charge in [-0.25, -0.2) is 4.79 Å². The molecular formula is C19H37N5O3. The van der Waals surface area contributed by atoms with Gasteiger partial charge in [-0.3, -0.25) is 9.79 Å². The number of rotatable bonds is 8. The SMILES string of the molecule is CCOC(=O)NC(CNC(=NC)N1CCC(CC(=O)NC)CC1)CC(C)C. The van der Waals surface area contributed by atoms with Gasteiger partial charge >= 0.3 is 6.09 Å². The molecule has 1 atom stereocenters. The molecule has 1 fully saturated rings. The molecule has 0 bridgehead atoms. The third kappa shape index (κ3) is 8.97. The van der Waals surface area contributed by atoms with E-state index in [-0.39, 0.29) is 18.0 Å². The van der Waals surface area contributed by atoms with E-state index in [4.69, 9.17) is 4.74 Å². The zero-order chi connectivity index (χ0) is 20.2. The van der Waals surface area contributed by atoms with Crippen molar-refractivity contribution in [1.82, 2.24) is 20.9 Å². The van der Waals surface area contributed by atoms with Crippen LogP contribution in [0.3, 0.4) is 0 Å². The Hall–Kier alpha value is -1.99. The normalized spacial score (nSPS) is 16.8. The third-order valence-corrected chi connectivity index (χ3v) is 4.74. The Kier molecular flexibility index (Phi) is 10.6. The van der Waals surface area contributed by atoms with Crippen LogP contribution in [-0.4, -0.2) is 69.2 Å². The number of nitrogens with zero attached hydrogens (tertiary/aromatic N) is 2. The van der Waals surface area contributed by atoms with E-state index >= 15 is 0 Å². The van der Waals surface area contributed by atoms with Crippen molar-refractivity contribution in [2.45, 2.75) is 52.5 Å². The van der Waals surface area contributed by atoms with Gasteiger partial charge in [0.15, 0.2) is 5.96 Å². The molecule has 2 amide bonds. The molecule has 0 aromatic carbocycles. The monoisotopic (exact) mass is 383 g/mol. The smallest absolute Gasteiger partial charge is 0.407 e. The number of carbonyl (C=O) groups excluding carboxylic acids is 2. The largest absolute Gasteiger partial charge is 0.450 e. The molecule has 0 aliphatic carbocycles. The lowest BCUT2D eigenvalue weighted by atomic mass is 9.93. The van der Waals surface area contributed by atoms with Crippen molar-refractivity contribution >= 4 is 18.0 Å². The Morgan fingerprint density at radius 3 is 2.44 bits per heavy atom. The molecule has 1 rings (SSSR count). The fraction of sp³-hybridized carbons (Fsp3) is 0.842. The van der Waals surface area contributed by atoms with Gasteiger partial charge in [-0.1, -0.05) is 13.8 Å². The lowest BCUT2D eigenvalue weighted by molar-refractivity contribution is -0.121. The molecule has 3 N–H and O–H groups in total. The second-order valence-corrected chi connectivity index (χ2v) is 7.43. The molecule has 27 heavy (non-hydrogen) atoms. The summed E-state index contributed by atoms with van der Waals surface area (Å²) in [7, 11) is 3.45. The summed E-state index contributed by atoms with van der Waals surface area (Å²) in [6.45, 7) is 8.77. The van der Waals surface area contributed by atoms with Gasteiger partial charge in [-0.05, 0) is 38.0 Å². The number of piperidine rings is 1. The molecule has 0 spiro atoms. The van der Waals surface area contributed by atoms with E-state index in [2.05, 4.69) is 39.7 Å². The van der Waals surface area contributed by atoms with Crippen LogP contribution >= 0.6 is 0 Å². The number of hydrogen-bond donors (Lipinski definition) is 3. The maximum absolute atomic E-state index is 11.8. The van der Waals surface area contributed by atoms with Crippen LogP contribution in [0.25, 0.3) is 0 Å². The summed E-state index contributed by atoms with van der Waals surface area (Å²) in [4.78, 5) is 29.9. The molecular weight excluding hydrogens is 346 g/mol. The van der Waals surface area contributed by atoms with Crippen molar-refractivity contribution in [2.75, 3.05) is 40.3 Å². The van der Waals surface area contributed by atoms with Crippen molar-refractivity contribution < 1.29 is 14.3 Å². The van der Waals surface area contributed by atoms with Crippen LogP contribution in [0.1, 0.15) is 46.5 Å². The minimum absolute atomic E-state index is 0.0217. The average Bonchev–Trinajstić information content (AvgIpc) is 2.62. The Balaban J connectivity index is 2.51. The lowest BCUT2D eigenvalue weighted by Gasteiger charge is -2.34. The number of carbonyl (C=O) groups is 2. The minimum Gasteiger partial charge on any atom is -0.450 e. The second kappa shape index (κ2) is 12.4. The summed E-state index contributed by atoms with van der Waals surface area (Å²) in [6, 6.07) is -0.0217. The van der Waals surface area contributed by atoms with Gasteiger partial charge in [0.1, 0.15) is 0 Å². The highest BCUT2D eigenvalue weighted by Gasteiger charge is 2.24. The number of ether oxygens (including phenoxy) is 1. The van der Waals surface area contributed by atoms with Crippen LogP contribution in [-0.2, 0) is 9.53 Å². The van der Waals surface area contributed by atoms with Crippen LogP contribution in [0, 0.1) is 11.8 Å². The van der Waals surface area contributed by atoms with Gasteiger partial charge < -0.3 is 25.6 Å². The Morgan fingerprint density at radius 1 is 1.26 bits per heavy atom. The molecule has 0 aromatic heterocycles. The molecule has 8 heteroatoms. The first-order valence-electron chi connectivity index (χ1n) is 9.99. The van der Waals surface area contributed by atoms with Crippen molar-refractivity contribution in [3.05, 3.63) is 0 Å². The predicted octanol–water partition coefficient (Wildman–Crippen LogP) is 1.57. The zero-order valence-corrected chi connectivity index (χ0v) is 17.5. The first-order valence-corrected chi connectivity index (χ1v) is 9.99. The Morgan fingerprint density at radius 2 is 1.93 bits per heavy atom. The van der Waals surface area contributed by atoms with Crippen LogP contribution < -0.4 is 16.0 Å². The summed E-state index contributed by atoms with van der Waals surface area (Å²) in [5.74, 6) is 1.84. The predicted molar refractivity (Wildman–Crippen MR) is 108 cm³/mol. The number of amides is 2. The molecule has 1 aliphatic rings. The number of likely N-dealkylation sites (tertiary alicyclic amines) is 1. The van der Waals surface area contributed by atoms with Gasteiger partial charge in [-0.15, -0.1) is 0 Å². The minimum atomic E-state index is -0.380.